The fourth-order valence-corrected chi connectivity index (χ4v) is 6.75. The molecule has 4 atom stereocenters. The van der Waals surface area contributed by atoms with Crippen molar-refractivity contribution in [2.24, 2.45) is 0 Å². The number of aromatic nitrogens is 1. The molecule has 4 N–H and O–H groups in total. The third-order valence-corrected chi connectivity index (χ3v) is 8.59. The molecule has 1 aromatic rings. The number of fused-ring (bicyclic) bond motifs is 4. The molecule has 0 unspecified atom stereocenters. The van der Waals surface area contributed by atoms with Gasteiger partial charge in [-0.05, 0) is 62.1 Å². The number of rotatable bonds is 1. The molecule has 1 aromatic heterocycles. The Labute approximate surface area is 227 Å². The van der Waals surface area contributed by atoms with Gasteiger partial charge in [-0.2, -0.15) is 0 Å². The molecule has 3 aliphatic carbocycles. The summed E-state index contributed by atoms with van der Waals surface area (Å²) < 4.78 is 0. The van der Waals surface area contributed by atoms with Gasteiger partial charge >= 0.3 is 33.3 Å². The summed E-state index contributed by atoms with van der Waals surface area (Å²) in [5.41, 5.74) is 4.05. The molecule has 5 nitrogen and oxygen atoms in total. The Morgan fingerprint density at radius 1 is 0.600 bits per heavy atom. The van der Waals surface area contributed by atoms with Gasteiger partial charge in [-0.25, -0.2) is 0 Å². The van der Waals surface area contributed by atoms with E-state index in [-0.39, 0.29) is 13.1 Å². The predicted octanol–water partition coefficient (Wildman–Crippen LogP) is 5.50. The first-order chi connectivity index (χ1) is 17.3. The third-order valence-electron chi connectivity index (χ3n) is 8.59. The largest absolute Gasteiger partial charge is 0.311 e. The molecule has 5 rings (SSSR count). The molecule has 1 aliphatic heterocycles. The SMILES string of the molecule is [Cl][Mn][Cl].c1c(C2CCCCC2)cc2nc1CN[C@@H]1CCCC[C@H]1NCCN[C@@H]1CCCC[C@H]1NC2. The molecule has 0 radical (unpaired) electrons. The van der Waals surface area contributed by atoms with Gasteiger partial charge in [0.2, 0.25) is 0 Å². The number of nitrogens with one attached hydrogen (secondary N) is 4. The molecule has 35 heavy (non-hydrogen) atoms. The summed E-state index contributed by atoms with van der Waals surface area (Å²) in [6, 6.07) is 7.19. The summed E-state index contributed by atoms with van der Waals surface area (Å²) in [5.74, 6) is 0.736. The van der Waals surface area contributed by atoms with Crippen molar-refractivity contribution in [1.82, 2.24) is 26.3 Å². The van der Waals surface area contributed by atoms with Crippen LogP contribution in [0.25, 0.3) is 0 Å². The van der Waals surface area contributed by atoms with E-state index < -0.39 is 0 Å². The Hall–Kier alpha value is 0.0895. The van der Waals surface area contributed by atoms with Crippen molar-refractivity contribution in [3.05, 3.63) is 29.1 Å². The minimum absolute atomic E-state index is 0.00694. The van der Waals surface area contributed by atoms with E-state index in [1.165, 1.54) is 94.9 Å². The first-order valence-corrected chi connectivity index (χ1v) is 17.3. The van der Waals surface area contributed by atoms with E-state index in [1.54, 1.807) is 5.56 Å². The van der Waals surface area contributed by atoms with E-state index in [0.717, 1.165) is 32.1 Å². The number of pyridine rings is 1. The summed E-state index contributed by atoms with van der Waals surface area (Å²) in [7, 11) is 9.59. The smallest absolute Gasteiger partial charge is 0.0548 e. The standard InChI is InChI=1S/C27H45N5.2ClH.Mn/c1-2-8-20(9-3-1)21-16-22-18-30-26-12-6-4-10-24(26)28-14-15-29-25-11-5-7-13-27(25)31-19-23(17-21)32-22;;;/h16-17,20,24-31H,1-15,18-19H2;2*1H;/q;;;+2/p-2/t24-,25-,26-,27-;;;/m1.../s1. The van der Waals surface area contributed by atoms with Gasteiger partial charge in [-0.1, -0.05) is 44.9 Å². The van der Waals surface area contributed by atoms with Crippen LogP contribution in [0.15, 0.2) is 12.1 Å². The minimum Gasteiger partial charge on any atom is -0.311 e. The second kappa shape index (κ2) is 15.5. The Balaban J connectivity index is 0.000000917. The summed E-state index contributed by atoms with van der Waals surface area (Å²) in [5, 5.41) is 15.6. The molecule has 4 aliphatic rings. The van der Waals surface area contributed by atoms with Crippen molar-refractivity contribution in [2.75, 3.05) is 13.1 Å². The maximum absolute atomic E-state index is 5.15. The monoisotopic (exact) mass is 564 g/mol. The van der Waals surface area contributed by atoms with Crippen LogP contribution in [0.1, 0.15) is 106 Å². The molecule has 2 bridgehead atoms. The molecular weight excluding hydrogens is 520 g/mol. The maximum Gasteiger partial charge on any atom is 0.0548 e. The predicted molar refractivity (Wildman–Crippen MR) is 144 cm³/mol. The Morgan fingerprint density at radius 3 is 1.46 bits per heavy atom. The van der Waals surface area contributed by atoms with Crippen LogP contribution >= 0.6 is 20.2 Å². The van der Waals surface area contributed by atoms with Crippen molar-refractivity contribution in [3.63, 3.8) is 0 Å². The Kier molecular flexibility index (Phi) is 12.4. The van der Waals surface area contributed by atoms with Gasteiger partial charge < -0.3 is 21.3 Å². The first-order valence-electron chi connectivity index (χ1n) is 14.1. The summed E-state index contributed by atoms with van der Waals surface area (Å²) in [4.78, 5) is 5.15. The Morgan fingerprint density at radius 2 is 1.00 bits per heavy atom. The third kappa shape index (κ3) is 8.82. The fourth-order valence-electron chi connectivity index (χ4n) is 6.75. The minimum atomic E-state index is 0.00694. The molecule has 0 aromatic carbocycles. The van der Waals surface area contributed by atoms with E-state index in [2.05, 4.69) is 33.4 Å². The van der Waals surface area contributed by atoms with Crippen LogP contribution in [-0.4, -0.2) is 42.2 Å². The molecule has 0 spiro atoms. The van der Waals surface area contributed by atoms with Crippen molar-refractivity contribution >= 4 is 20.2 Å². The van der Waals surface area contributed by atoms with E-state index >= 15 is 0 Å². The molecule has 0 saturated heterocycles. The van der Waals surface area contributed by atoms with Gasteiger partial charge in [-0.3, -0.25) is 4.98 Å². The molecule has 3 fully saturated rings. The van der Waals surface area contributed by atoms with E-state index in [1.807, 2.05) is 0 Å². The van der Waals surface area contributed by atoms with Gasteiger partial charge in [0.1, 0.15) is 0 Å². The van der Waals surface area contributed by atoms with Crippen molar-refractivity contribution in [1.29, 1.82) is 0 Å². The normalized spacial score (nSPS) is 31.0. The van der Waals surface area contributed by atoms with Gasteiger partial charge in [0.05, 0.1) is 11.4 Å². The van der Waals surface area contributed by atoms with Crippen LogP contribution in [0.2, 0.25) is 0 Å². The first kappa shape index (κ1) is 28.1. The molecule has 199 valence electrons. The molecule has 8 heteroatoms. The zero-order valence-corrected chi connectivity index (χ0v) is 23.8. The quantitative estimate of drug-likeness (QED) is 0.339. The van der Waals surface area contributed by atoms with Crippen LogP contribution in [0.3, 0.4) is 0 Å². The van der Waals surface area contributed by atoms with Crippen LogP contribution < -0.4 is 21.3 Å². The number of nitrogens with zero attached hydrogens (tertiary/aromatic N) is 1. The average Bonchev–Trinajstić information content (AvgIpc) is 2.90. The van der Waals surface area contributed by atoms with Crippen LogP contribution in [0.5, 0.6) is 0 Å². The van der Waals surface area contributed by atoms with Crippen LogP contribution in [-0.2, 0) is 26.2 Å². The van der Waals surface area contributed by atoms with Gasteiger partial charge in [0.25, 0.3) is 0 Å². The number of hydrogen-bond donors (Lipinski definition) is 4. The fraction of sp³-hybridized carbons (Fsp3) is 0.815. The summed E-state index contributed by atoms with van der Waals surface area (Å²) in [6.45, 7) is 3.95. The zero-order valence-electron chi connectivity index (χ0n) is 21.1. The summed E-state index contributed by atoms with van der Waals surface area (Å²) in [6.07, 6.45) is 17.5. The topological polar surface area (TPSA) is 61.0 Å². The zero-order chi connectivity index (χ0) is 24.3. The van der Waals surface area contributed by atoms with E-state index in [9.17, 15) is 0 Å². The van der Waals surface area contributed by atoms with Gasteiger partial charge in [-0.15, -0.1) is 0 Å². The summed E-state index contributed by atoms with van der Waals surface area (Å²) >= 11 is 0.00694. The number of halogens is 2. The van der Waals surface area contributed by atoms with Gasteiger partial charge in [0, 0.05) is 50.3 Å². The average molecular weight is 566 g/mol. The van der Waals surface area contributed by atoms with Crippen molar-refractivity contribution in [2.45, 2.75) is 127 Å². The van der Waals surface area contributed by atoms with Crippen molar-refractivity contribution < 1.29 is 13.1 Å². The maximum atomic E-state index is 5.15. The molecule has 0 amide bonds. The molecule has 2 heterocycles. The van der Waals surface area contributed by atoms with E-state index in [4.69, 9.17) is 25.2 Å². The molecular formula is C27H45Cl2MnN5. The second-order valence-electron chi connectivity index (χ2n) is 10.9. The second-order valence-corrected chi connectivity index (χ2v) is 12.9. The van der Waals surface area contributed by atoms with Gasteiger partial charge in [0.15, 0.2) is 0 Å². The van der Waals surface area contributed by atoms with Crippen LogP contribution in [0.4, 0.5) is 0 Å². The molecule has 3 saturated carbocycles. The van der Waals surface area contributed by atoms with Crippen LogP contribution in [0, 0.1) is 0 Å². The number of hydrogen-bond acceptors (Lipinski definition) is 5. The van der Waals surface area contributed by atoms with E-state index in [0.29, 0.717) is 24.2 Å². The Bertz CT molecular complexity index is 700. The van der Waals surface area contributed by atoms with Crippen molar-refractivity contribution in [3.8, 4) is 0 Å².